The quantitative estimate of drug-likeness (QED) is 0.681. The molecule has 0 saturated carbocycles. The normalized spacial score (nSPS) is 19.4. The van der Waals surface area contributed by atoms with E-state index < -0.39 is 0 Å². The molecule has 2 aliphatic rings. The van der Waals surface area contributed by atoms with Crippen LogP contribution >= 0.6 is 15.9 Å². The van der Waals surface area contributed by atoms with E-state index >= 15 is 0 Å². The highest BCUT2D eigenvalue weighted by atomic mass is 79.9. The lowest BCUT2D eigenvalue weighted by molar-refractivity contribution is -0.124. The molecular weight excluding hydrogens is 458 g/mol. The van der Waals surface area contributed by atoms with Gasteiger partial charge in [0.25, 0.3) is 5.91 Å². The maximum atomic E-state index is 12.5. The van der Waals surface area contributed by atoms with Gasteiger partial charge in [-0.1, -0.05) is 40.2 Å². The Morgan fingerprint density at radius 3 is 2.42 bits per heavy atom. The zero-order valence-corrected chi connectivity index (χ0v) is 19.1. The predicted molar refractivity (Wildman–Crippen MR) is 123 cm³/mol. The second-order valence-corrected chi connectivity index (χ2v) is 9.03. The van der Waals surface area contributed by atoms with E-state index in [1.54, 1.807) is 0 Å². The topological polar surface area (TPSA) is 61.9 Å². The van der Waals surface area contributed by atoms with E-state index in [0.717, 1.165) is 48.1 Å². The molecule has 0 radical (unpaired) electrons. The number of nitrogens with one attached hydrogen (secondary N) is 1. The number of hydrogen-bond donors (Lipinski definition) is 1. The lowest BCUT2D eigenvalue weighted by Gasteiger charge is -2.32. The molecule has 1 N–H and O–H groups in total. The van der Waals surface area contributed by atoms with Crippen molar-refractivity contribution in [3.8, 4) is 0 Å². The van der Waals surface area contributed by atoms with Gasteiger partial charge >= 0.3 is 0 Å². The van der Waals surface area contributed by atoms with Gasteiger partial charge in [0.15, 0.2) is 0 Å². The lowest BCUT2D eigenvalue weighted by atomic mass is 10.1. The van der Waals surface area contributed by atoms with Crippen LogP contribution in [0.4, 0.5) is 0 Å². The summed E-state index contributed by atoms with van der Waals surface area (Å²) in [6.45, 7) is 4.55. The number of likely N-dealkylation sites (tertiary alicyclic amines) is 1. The fraction of sp³-hybridized carbons (Fsp3) is 0.417. The Morgan fingerprint density at radius 2 is 1.71 bits per heavy atom. The molecule has 1 atom stereocenters. The summed E-state index contributed by atoms with van der Waals surface area (Å²) in [6.07, 6.45) is 2.15. The summed E-state index contributed by atoms with van der Waals surface area (Å²) < 4.78 is 6.93. The van der Waals surface area contributed by atoms with Crippen molar-refractivity contribution >= 4 is 27.7 Å². The summed E-state index contributed by atoms with van der Waals surface area (Å²) >= 11 is 3.45. The number of amides is 2. The minimum atomic E-state index is -0.0182. The highest BCUT2D eigenvalue weighted by Gasteiger charge is 2.23. The molecule has 2 aromatic carbocycles. The van der Waals surface area contributed by atoms with Crippen LogP contribution in [0.5, 0.6) is 0 Å². The van der Waals surface area contributed by atoms with Gasteiger partial charge in [0.1, 0.15) is 0 Å². The van der Waals surface area contributed by atoms with Gasteiger partial charge in [-0.05, 0) is 48.2 Å². The van der Waals surface area contributed by atoms with Gasteiger partial charge in [0.2, 0.25) is 5.91 Å². The van der Waals surface area contributed by atoms with Crippen molar-refractivity contribution in [3.05, 3.63) is 69.7 Å². The van der Waals surface area contributed by atoms with Crippen molar-refractivity contribution < 1.29 is 14.3 Å². The number of carbonyl (C=O) groups excluding carboxylic acids is 2. The molecule has 4 rings (SSSR count). The summed E-state index contributed by atoms with van der Waals surface area (Å²) in [4.78, 5) is 28.9. The maximum Gasteiger partial charge on any atom is 0.253 e. The van der Waals surface area contributed by atoms with Crippen LogP contribution in [-0.2, 0) is 16.1 Å². The zero-order valence-electron chi connectivity index (χ0n) is 17.6. The highest BCUT2D eigenvalue weighted by molar-refractivity contribution is 9.10. The molecule has 164 valence electrons. The van der Waals surface area contributed by atoms with Gasteiger partial charge in [0.05, 0.1) is 19.3 Å². The van der Waals surface area contributed by atoms with Crippen LogP contribution in [-0.4, -0.2) is 60.9 Å². The van der Waals surface area contributed by atoms with Gasteiger partial charge < -0.3 is 15.0 Å². The first-order valence-electron chi connectivity index (χ1n) is 10.8. The molecule has 2 amide bonds. The van der Waals surface area contributed by atoms with Crippen molar-refractivity contribution in [1.82, 2.24) is 15.1 Å². The van der Waals surface area contributed by atoms with Crippen molar-refractivity contribution in [1.29, 1.82) is 0 Å². The van der Waals surface area contributed by atoms with E-state index in [4.69, 9.17) is 4.74 Å². The molecule has 2 aromatic rings. The monoisotopic (exact) mass is 485 g/mol. The first kappa shape index (κ1) is 22.0. The summed E-state index contributed by atoms with van der Waals surface area (Å²) in [7, 11) is 0. The molecule has 2 aliphatic heterocycles. The van der Waals surface area contributed by atoms with E-state index in [1.807, 2.05) is 41.3 Å². The molecule has 2 heterocycles. The third kappa shape index (κ3) is 5.93. The summed E-state index contributed by atoms with van der Waals surface area (Å²) in [6, 6.07) is 15.7. The third-order valence-corrected chi connectivity index (χ3v) is 6.37. The minimum Gasteiger partial charge on any atom is -0.371 e. The molecule has 7 heteroatoms. The fourth-order valence-electron chi connectivity index (χ4n) is 4.05. The molecule has 31 heavy (non-hydrogen) atoms. The average Bonchev–Trinajstić information content (AvgIpc) is 3.33. The Labute approximate surface area is 191 Å². The van der Waals surface area contributed by atoms with E-state index in [9.17, 15) is 9.59 Å². The second-order valence-electron chi connectivity index (χ2n) is 8.12. The van der Waals surface area contributed by atoms with Gasteiger partial charge in [0, 0.05) is 42.8 Å². The summed E-state index contributed by atoms with van der Waals surface area (Å²) in [5.74, 6) is 0.0920. The number of carbonyl (C=O) groups is 2. The summed E-state index contributed by atoms with van der Waals surface area (Å²) in [5.41, 5.74) is 2.82. The summed E-state index contributed by atoms with van der Waals surface area (Å²) in [5, 5.41) is 2.99. The van der Waals surface area contributed by atoms with Crippen LogP contribution in [0, 0.1) is 0 Å². The number of ether oxygens (including phenoxy) is 1. The molecule has 2 fully saturated rings. The molecule has 6 nitrogen and oxygen atoms in total. The van der Waals surface area contributed by atoms with E-state index in [0.29, 0.717) is 31.8 Å². The van der Waals surface area contributed by atoms with E-state index in [1.165, 1.54) is 0 Å². The molecule has 0 aliphatic carbocycles. The molecule has 2 saturated heterocycles. The standard InChI is InChI=1S/C24H28BrN3O3/c25-21-9-7-19(8-10-21)22-16-27(13-14-31-22)17-23(29)26-15-18-3-5-20(6-4-18)24(30)28-11-1-2-12-28/h3-10,22H,1-2,11-17H2,(H,26,29). The first-order chi connectivity index (χ1) is 15.1. The number of halogens is 1. The van der Waals surface area contributed by atoms with Gasteiger partial charge in [-0.25, -0.2) is 0 Å². The predicted octanol–water partition coefficient (Wildman–Crippen LogP) is 3.37. The van der Waals surface area contributed by atoms with Crippen LogP contribution in [0.3, 0.4) is 0 Å². The molecule has 0 bridgehead atoms. The Balaban J connectivity index is 1.24. The van der Waals surface area contributed by atoms with Crippen LogP contribution in [0.15, 0.2) is 53.0 Å². The van der Waals surface area contributed by atoms with E-state index in [-0.39, 0.29) is 17.9 Å². The van der Waals surface area contributed by atoms with Crippen molar-refractivity contribution in [3.63, 3.8) is 0 Å². The van der Waals surface area contributed by atoms with Crippen molar-refractivity contribution in [2.24, 2.45) is 0 Å². The van der Waals surface area contributed by atoms with Crippen LogP contribution < -0.4 is 5.32 Å². The SMILES string of the molecule is O=C(CN1CCOC(c2ccc(Br)cc2)C1)NCc1ccc(C(=O)N2CCCC2)cc1. The highest BCUT2D eigenvalue weighted by Crippen LogP contribution is 2.23. The number of rotatable bonds is 6. The minimum absolute atomic E-state index is 0.00586. The lowest BCUT2D eigenvalue weighted by Crippen LogP contribution is -2.44. The first-order valence-corrected chi connectivity index (χ1v) is 11.6. The third-order valence-electron chi connectivity index (χ3n) is 5.84. The van der Waals surface area contributed by atoms with Crippen molar-refractivity contribution in [2.75, 3.05) is 39.3 Å². The Kier molecular flexibility index (Phi) is 7.37. The van der Waals surface area contributed by atoms with Gasteiger partial charge in [-0.3, -0.25) is 14.5 Å². The molecular formula is C24H28BrN3O3. The molecule has 0 aromatic heterocycles. The van der Waals surface area contributed by atoms with Crippen LogP contribution in [0.25, 0.3) is 0 Å². The van der Waals surface area contributed by atoms with Crippen LogP contribution in [0.1, 0.15) is 40.4 Å². The average molecular weight is 486 g/mol. The Bertz CT molecular complexity index is 895. The number of morpholine rings is 1. The fourth-order valence-corrected chi connectivity index (χ4v) is 4.32. The number of hydrogen-bond acceptors (Lipinski definition) is 4. The van der Waals surface area contributed by atoms with Gasteiger partial charge in [-0.2, -0.15) is 0 Å². The van der Waals surface area contributed by atoms with Crippen LogP contribution in [0.2, 0.25) is 0 Å². The Hall–Kier alpha value is -2.22. The largest absolute Gasteiger partial charge is 0.371 e. The smallest absolute Gasteiger partial charge is 0.253 e. The second kappa shape index (κ2) is 10.4. The maximum absolute atomic E-state index is 12.5. The van der Waals surface area contributed by atoms with Gasteiger partial charge in [-0.15, -0.1) is 0 Å². The molecule has 0 spiro atoms. The van der Waals surface area contributed by atoms with Crippen molar-refractivity contribution in [2.45, 2.75) is 25.5 Å². The zero-order chi connectivity index (χ0) is 21.6. The number of nitrogens with zero attached hydrogens (tertiary/aromatic N) is 2. The molecule has 1 unspecified atom stereocenters. The number of benzene rings is 2. The Morgan fingerprint density at radius 1 is 1.00 bits per heavy atom. The van der Waals surface area contributed by atoms with E-state index in [2.05, 4.69) is 38.3 Å².